The average Bonchev–Trinajstić information content (AvgIpc) is 3.04. The van der Waals surface area contributed by atoms with Gasteiger partial charge in [-0.05, 0) is 57.8 Å². The lowest BCUT2D eigenvalue weighted by Gasteiger charge is -2.20. The smallest absolute Gasteiger partial charge is 0.330 e. The minimum atomic E-state index is -1.13. The summed E-state index contributed by atoms with van der Waals surface area (Å²) in [5, 5.41) is 23.5. The summed E-state index contributed by atoms with van der Waals surface area (Å²) in [6.07, 6.45) is 33.2. The molecule has 0 aliphatic rings. The third-order valence-electron chi connectivity index (χ3n) is 5.99. The van der Waals surface area contributed by atoms with Gasteiger partial charge in [0.15, 0.2) is 0 Å². The number of methoxy groups -OCH3 is 1. The van der Waals surface area contributed by atoms with Crippen molar-refractivity contribution in [1.29, 1.82) is 0 Å². The van der Waals surface area contributed by atoms with Gasteiger partial charge in [0.2, 0.25) is 11.8 Å². The van der Waals surface area contributed by atoms with E-state index >= 15 is 0 Å². The first-order valence-corrected chi connectivity index (χ1v) is 15.5. The molecule has 4 N–H and O–H groups in total. The fourth-order valence-electron chi connectivity index (χ4n) is 3.54. The Morgan fingerprint density at radius 1 is 0.733 bits per heavy atom. The second-order valence-electron chi connectivity index (χ2n) is 9.79. The Hall–Kier alpha value is -4.02. The standard InChI is InChI=1S/C35H52N2O8/c1-3-4-5-6-7-8-9-10-11-12-13-14-15-16-17-18-19-20-21-24-32(40)36-27-22-23-31(35(43)45-30(28-38)29-39)37-33(41)25-26-34(42)44-2/h4-5,7-8,10-11,13-14,16-17,19-20,25-26,30-31,38-39H,3,6,9,12,15,18,21-24,27-29H2,1-2H3,(H,36,40)(H,37,41)/b5-4-,8-7-,11-10-,14-13-,17-16-,20-19-,26-25+/t31-/m0/s1. The van der Waals surface area contributed by atoms with Crippen LogP contribution in [-0.4, -0.2) is 73.0 Å². The van der Waals surface area contributed by atoms with Crippen molar-refractivity contribution in [3.05, 3.63) is 85.1 Å². The van der Waals surface area contributed by atoms with Gasteiger partial charge in [-0.3, -0.25) is 9.59 Å². The molecule has 0 rings (SSSR count). The lowest BCUT2D eigenvalue weighted by molar-refractivity contribution is -0.157. The van der Waals surface area contributed by atoms with Crippen molar-refractivity contribution in [3.63, 3.8) is 0 Å². The van der Waals surface area contributed by atoms with E-state index in [2.05, 4.69) is 83.1 Å². The quantitative estimate of drug-likeness (QED) is 0.0501. The van der Waals surface area contributed by atoms with Crippen molar-refractivity contribution < 1.29 is 38.9 Å². The molecule has 0 heterocycles. The molecule has 1 atom stereocenters. The molecule has 0 fully saturated rings. The summed E-state index contributed by atoms with van der Waals surface area (Å²) in [7, 11) is 1.16. The molecular weight excluding hydrogens is 576 g/mol. The molecule has 0 aromatic rings. The molecule has 0 saturated heterocycles. The van der Waals surface area contributed by atoms with Crippen LogP contribution in [-0.2, 0) is 28.7 Å². The molecular formula is C35H52N2O8. The number of aliphatic hydroxyl groups is 2. The van der Waals surface area contributed by atoms with Gasteiger partial charge in [-0.25, -0.2) is 9.59 Å². The highest BCUT2D eigenvalue weighted by molar-refractivity contribution is 5.96. The zero-order valence-corrected chi connectivity index (χ0v) is 26.8. The number of carbonyl (C=O) groups is 4. The van der Waals surface area contributed by atoms with Crippen molar-refractivity contribution >= 4 is 23.8 Å². The van der Waals surface area contributed by atoms with Crippen LogP contribution in [0.25, 0.3) is 0 Å². The molecule has 2 amide bonds. The molecule has 10 heteroatoms. The van der Waals surface area contributed by atoms with Crippen molar-refractivity contribution in [2.75, 3.05) is 26.9 Å². The molecule has 0 bridgehead atoms. The van der Waals surface area contributed by atoms with Gasteiger partial charge in [-0.15, -0.1) is 0 Å². The van der Waals surface area contributed by atoms with Crippen LogP contribution in [0.4, 0.5) is 0 Å². The number of hydrogen-bond acceptors (Lipinski definition) is 8. The van der Waals surface area contributed by atoms with Gasteiger partial charge in [0.05, 0.1) is 20.3 Å². The van der Waals surface area contributed by atoms with Gasteiger partial charge in [-0.2, -0.15) is 0 Å². The predicted molar refractivity (Wildman–Crippen MR) is 177 cm³/mol. The number of aliphatic hydroxyl groups excluding tert-OH is 2. The molecule has 0 aromatic heterocycles. The molecule has 250 valence electrons. The van der Waals surface area contributed by atoms with E-state index < -0.39 is 43.2 Å². The summed E-state index contributed by atoms with van der Waals surface area (Å²) in [6, 6.07) is -1.11. The second kappa shape index (κ2) is 30.0. The monoisotopic (exact) mass is 628 g/mol. The first-order chi connectivity index (χ1) is 21.9. The predicted octanol–water partition coefficient (Wildman–Crippen LogP) is 4.47. The molecule has 45 heavy (non-hydrogen) atoms. The van der Waals surface area contributed by atoms with Crippen molar-refractivity contribution in [1.82, 2.24) is 10.6 Å². The fraction of sp³-hybridized carbons (Fsp3) is 0.486. The van der Waals surface area contributed by atoms with Gasteiger partial charge in [-0.1, -0.05) is 79.8 Å². The van der Waals surface area contributed by atoms with Crippen molar-refractivity contribution in [2.45, 2.75) is 83.3 Å². The molecule has 0 radical (unpaired) electrons. The highest BCUT2D eigenvalue weighted by Gasteiger charge is 2.24. The van der Waals surface area contributed by atoms with Gasteiger partial charge in [0, 0.05) is 25.1 Å². The Morgan fingerprint density at radius 2 is 1.24 bits per heavy atom. The van der Waals surface area contributed by atoms with Crippen LogP contribution in [0.2, 0.25) is 0 Å². The van der Waals surface area contributed by atoms with E-state index in [4.69, 9.17) is 14.9 Å². The topological polar surface area (TPSA) is 151 Å². The second-order valence-corrected chi connectivity index (χ2v) is 9.79. The fourth-order valence-corrected chi connectivity index (χ4v) is 3.54. The maximum absolute atomic E-state index is 12.4. The number of hydrogen-bond donors (Lipinski definition) is 4. The van der Waals surface area contributed by atoms with Crippen LogP contribution in [0, 0.1) is 0 Å². The van der Waals surface area contributed by atoms with Crippen LogP contribution in [0.15, 0.2) is 85.1 Å². The molecule has 10 nitrogen and oxygen atoms in total. The first-order valence-electron chi connectivity index (χ1n) is 15.5. The Kier molecular flexibility index (Phi) is 27.3. The summed E-state index contributed by atoms with van der Waals surface area (Å²) >= 11 is 0. The highest BCUT2D eigenvalue weighted by atomic mass is 16.6. The third kappa shape index (κ3) is 26.1. The number of ether oxygens (including phenoxy) is 2. The van der Waals surface area contributed by atoms with E-state index in [-0.39, 0.29) is 18.9 Å². The number of carbonyl (C=O) groups excluding carboxylic acids is 4. The SMILES string of the molecule is CC/C=C\C/C=C\C/C=C\C/C=C\C/C=C\C/C=C\CCC(=O)NCCC[C@H](NC(=O)/C=C/C(=O)OC)C(=O)OC(CO)CO. The van der Waals surface area contributed by atoms with Crippen LogP contribution in [0.3, 0.4) is 0 Å². The van der Waals surface area contributed by atoms with Crippen molar-refractivity contribution in [2.24, 2.45) is 0 Å². The van der Waals surface area contributed by atoms with E-state index in [9.17, 15) is 19.2 Å². The summed E-state index contributed by atoms with van der Waals surface area (Å²) < 4.78 is 9.43. The van der Waals surface area contributed by atoms with Crippen LogP contribution in [0.5, 0.6) is 0 Å². The van der Waals surface area contributed by atoms with Gasteiger partial charge >= 0.3 is 11.9 Å². The minimum absolute atomic E-state index is 0.119. The lowest BCUT2D eigenvalue weighted by Crippen LogP contribution is -2.44. The molecule has 0 aromatic carbocycles. The molecule has 0 aliphatic heterocycles. The zero-order valence-electron chi connectivity index (χ0n) is 26.8. The van der Waals surface area contributed by atoms with Gasteiger partial charge in [0.25, 0.3) is 0 Å². The summed E-state index contributed by atoms with van der Waals surface area (Å²) in [4.78, 5) is 47.9. The highest BCUT2D eigenvalue weighted by Crippen LogP contribution is 2.04. The minimum Gasteiger partial charge on any atom is -0.466 e. The maximum atomic E-state index is 12.4. The molecule has 0 unspecified atom stereocenters. The maximum Gasteiger partial charge on any atom is 0.330 e. The Balaban J connectivity index is 4.24. The van der Waals surface area contributed by atoms with Gasteiger partial charge < -0.3 is 30.3 Å². The van der Waals surface area contributed by atoms with E-state index in [0.717, 1.165) is 57.8 Å². The van der Waals surface area contributed by atoms with E-state index in [1.165, 1.54) is 0 Å². The number of esters is 2. The normalized spacial score (nSPS) is 13.0. The Bertz CT molecular complexity index is 1040. The Labute approximate surface area is 268 Å². The number of nitrogens with one attached hydrogen (secondary N) is 2. The summed E-state index contributed by atoms with van der Waals surface area (Å²) in [5.74, 6) is -2.46. The number of rotatable bonds is 25. The first kappa shape index (κ1) is 41.0. The van der Waals surface area contributed by atoms with E-state index in [1.807, 2.05) is 12.2 Å². The average molecular weight is 629 g/mol. The third-order valence-corrected chi connectivity index (χ3v) is 5.99. The largest absolute Gasteiger partial charge is 0.466 e. The number of amides is 2. The van der Waals surface area contributed by atoms with Crippen LogP contribution < -0.4 is 10.6 Å². The zero-order chi connectivity index (χ0) is 33.4. The van der Waals surface area contributed by atoms with Crippen LogP contribution in [0.1, 0.15) is 71.1 Å². The van der Waals surface area contributed by atoms with E-state index in [0.29, 0.717) is 19.3 Å². The van der Waals surface area contributed by atoms with Crippen LogP contribution >= 0.6 is 0 Å². The number of allylic oxidation sites excluding steroid dienone is 12. The molecule has 0 spiro atoms. The van der Waals surface area contributed by atoms with Crippen molar-refractivity contribution in [3.8, 4) is 0 Å². The summed E-state index contributed by atoms with van der Waals surface area (Å²) in [6.45, 7) is 1.23. The van der Waals surface area contributed by atoms with Gasteiger partial charge in [0.1, 0.15) is 12.1 Å². The molecule has 0 aliphatic carbocycles. The Morgan fingerprint density at radius 3 is 1.73 bits per heavy atom. The lowest BCUT2D eigenvalue weighted by atomic mass is 10.1. The van der Waals surface area contributed by atoms with E-state index in [1.54, 1.807) is 0 Å². The molecule has 0 saturated carbocycles. The summed E-state index contributed by atoms with van der Waals surface area (Å²) in [5.41, 5.74) is 0.